The van der Waals surface area contributed by atoms with Gasteiger partial charge in [-0.25, -0.2) is 0 Å². The average Bonchev–Trinajstić information content (AvgIpc) is 2.69. The van der Waals surface area contributed by atoms with Crippen molar-refractivity contribution in [2.45, 2.75) is 20.4 Å². The minimum absolute atomic E-state index is 0.275. The third kappa shape index (κ3) is 2.09. The highest BCUT2D eigenvalue weighted by Crippen LogP contribution is 2.29. The Kier molecular flexibility index (Phi) is 3.01. The van der Waals surface area contributed by atoms with Crippen LogP contribution >= 0.6 is 0 Å². The summed E-state index contributed by atoms with van der Waals surface area (Å²) < 4.78 is 0. The lowest BCUT2D eigenvalue weighted by Gasteiger charge is -2.16. The van der Waals surface area contributed by atoms with Gasteiger partial charge in [-0.1, -0.05) is 29.8 Å². The number of aryl methyl sites for hydroxylation is 2. The van der Waals surface area contributed by atoms with Gasteiger partial charge in [-0.3, -0.25) is 14.5 Å². The van der Waals surface area contributed by atoms with Crippen molar-refractivity contribution in [3.8, 4) is 0 Å². The molecule has 0 fully saturated rings. The molecular formula is C17H16N2O2. The molecule has 3 rings (SSSR count). The SMILES string of the molecule is Cc1ccc(C)c(CN2C(=O)c3cccc(N)c3C2=O)c1. The molecule has 0 aliphatic carbocycles. The van der Waals surface area contributed by atoms with Crippen molar-refractivity contribution in [1.29, 1.82) is 0 Å². The van der Waals surface area contributed by atoms with E-state index in [1.807, 2.05) is 32.0 Å². The summed E-state index contributed by atoms with van der Waals surface area (Å²) >= 11 is 0. The summed E-state index contributed by atoms with van der Waals surface area (Å²) in [7, 11) is 0. The van der Waals surface area contributed by atoms with Crippen molar-refractivity contribution < 1.29 is 9.59 Å². The van der Waals surface area contributed by atoms with Crippen molar-refractivity contribution in [3.05, 3.63) is 64.2 Å². The van der Waals surface area contributed by atoms with Crippen LogP contribution in [0.1, 0.15) is 37.4 Å². The first-order valence-corrected chi connectivity index (χ1v) is 6.80. The number of carbonyl (C=O) groups excluding carboxylic acids is 2. The highest BCUT2D eigenvalue weighted by molar-refractivity contribution is 6.23. The van der Waals surface area contributed by atoms with Crippen LogP contribution in [0.3, 0.4) is 0 Å². The van der Waals surface area contributed by atoms with Crippen molar-refractivity contribution in [2.24, 2.45) is 0 Å². The van der Waals surface area contributed by atoms with Crippen LogP contribution in [0.5, 0.6) is 0 Å². The first-order chi connectivity index (χ1) is 9.99. The zero-order valence-corrected chi connectivity index (χ0v) is 12.0. The molecule has 106 valence electrons. The second kappa shape index (κ2) is 4.74. The van der Waals surface area contributed by atoms with Crippen LogP contribution in [0.2, 0.25) is 0 Å². The highest BCUT2D eigenvalue weighted by atomic mass is 16.2. The Morgan fingerprint density at radius 3 is 2.52 bits per heavy atom. The smallest absolute Gasteiger partial charge is 0.263 e. The summed E-state index contributed by atoms with van der Waals surface area (Å²) in [5.41, 5.74) is 10.0. The molecule has 0 atom stereocenters. The van der Waals surface area contributed by atoms with E-state index in [9.17, 15) is 9.59 Å². The fourth-order valence-corrected chi connectivity index (χ4v) is 2.64. The zero-order valence-electron chi connectivity index (χ0n) is 12.0. The lowest BCUT2D eigenvalue weighted by molar-refractivity contribution is 0.0642. The number of hydrogen-bond acceptors (Lipinski definition) is 3. The van der Waals surface area contributed by atoms with Gasteiger partial charge in [-0.2, -0.15) is 0 Å². The van der Waals surface area contributed by atoms with Gasteiger partial charge in [0.25, 0.3) is 11.8 Å². The molecule has 21 heavy (non-hydrogen) atoms. The number of carbonyl (C=O) groups is 2. The number of imide groups is 1. The van der Waals surface area contributed by atoms with Crippen molar-refractivity contribution in [1.82, 2.24) is 4.90 Å². The number of fused-ring (bicyclic) bond motifs is 1. The molecule has 4 heteroatoms. The molecule has 0 radical (unpaired) electrons. The Labute approximate surface area is 123 Å². The minimum Gasteiger partial charge on any atom is -0.398 e. The van der Waals surface area contributed by atoms with Gasteiger partial charge in [0.2, 0.25) is 0 Å². The second-order valence-electron chi connectivity index (χ2n) is 5.40. The normalized spacial score (nSPS) is 13.7. The van der Waals surface area contributed by atoms with Crippen LogP contribution < -0.4 is 5.73 Å². The standard InChI is InChI=1S/C17H16N2O2/c1-10-6-7-11(2)12(8-10)9-19-16(20)13-4-3-5-14(18)15(13)17(19)21/h3-8H,9,18H2,1-2H3. The van der Waals surface area contributed by atoms with Gasteiger partial charge in [-0.05, 0) is 37.1 Å². The molecule has 0 unspecified atom stereocenters. The molecule has 1 aliphatic heterocycles. The van der Waals surface area contributed by atoms with Crippen LogP contribution in [0.15, 0.2) is 36.4 Å². The third-order valence-corrected chi connectivity index (χ3v) is 3.86. The topological polar surface area (TPSA) is 63.4 Å². The van der Waals surface area contributed by atoms with Gasteiger partial charge in [0.05, 0.1) is 17.7 Å². The summed E-state index contributed by atoms with van der Waals surface area (Å²) in [6, 6.07) is 11.0. The first-order valence-electron chi connectivity index (χ1n) is 6.80. The largest absolute Gasteiger partial charge is 0.398 e. The van der Waals surface area contributed by atoms with E-state index in [0.29, 0.717) is 16.8 Å². The van der Waals surface area contributed by atoms with Gasteiger partial charge in [0.1, 0.15) is 0 Å². The number of amides is 2. The van der Waals surface area contributed by atoms with E-state index in [2.05, 4.69) is 0 Å². The molecule has 0 bridgehead atoms. The average molecular weight is 280 g/mol. The number of hydrogen-bond donors (Lipinski definition) is 1. The van der Waals surface area contributed by atoms with Crippen molar-refractivity contribution >= 4 is 17.5 Å². The lowest BCUT2D eigenvalue weighted by Crippen LogP contribution is -2.29. The molecule has 2 aromatic rings. The number of benzene rings is 2. The van der Waals surface area contributed by atoms with Gasteiger partial charge in [-0.15, -0.1) is 0 Å². The van der Waals surface area contributed by atoms with E-state index < -0.39 is 0 Å². The van der Waals surface area contributed by atoms with E-state index >= 15 is 0 Å². The van der Waals surface area contributed by atoms with Crippen LogP contribution in [-0.4, -0.2) is 16.7 Å². The maximum absolute atomic E-state index is 12.5. The lowest BCUT2D eigenvalue weighted by atomic mass is 10.1. The van der Waals surface area contributed by atoms with Gasteiger partial charge in [0, 0.05) is 5.69 Å². The molecule has 0 aromatic heterocycles. The van der Waals surface area contributed by atoms with Crippen LogP contribution in [0.25, 0.3) is 0 Å². The number of anilines is 1. The highest BCUT2D eigenvalue weighted by Gasteiger charge is 2.36. The van der Waals surface area contributed by atoms with E-state index in [0.717, 1.165) is 16.7 Å². The second-order valence-corrected chi connectivity index (χ2v) is 5.40. The van der Waals surface area contributed by atoms with E-state index in [1.54, 1.807) is 18.2 Å². The van der Waals surface area contributed by atoms with Crippen LogP contribution in [0.4, 0.5) is 5.69 Å². The molecule has 2 N–H and O–H groups in total. The number of nitrogens with zero attached hydrogens (tertiary/aromatic N) is 1. The number of nitrogen functional groups attached to an aromatic ring is 1. The van der Waals surface area contributed by atoms with E-state index in [1.165, 1.54) is 4.90 Å². The maximum Gasteiger partial charge on any atom is 0.263 e. The summed E-state index contributed by atoms with van der Waals surface area (Å²) in [5.74, 6) is -0.586. The molecular weight excluding hydrogens is 264 g/mol. The summed E-state index contributed by atoms with van der Waals surface area (Å²) in [4.78, 5) is 26.1. The molecule has 1 heterocycles. The van der Waals surface area contributed by atoms with Gasteiger partial charge in [0.15, 0.2) is 0 Å². The fourth-order valence-electron chi connectivity index (χ4n) is 2.64. The fraction of sp³-hybridized carbons (Fsp3) is 0.176. The van der Waals surface area contributed by atoms with E-state index in [4.69, 9.17) is 5.73 Å². The molecule has 1 aliphatic rings. The quantitative estimate of drug-likeness (QED) is 0.679. The van der Waals surface area contributed by atoms with Crippen molar-refractivity contribution in [2.75, 3.05) is 5.73 Å². The van der Waals surface area contributed by atoms with Crippen molar-refractivity contribution in [3.63, 3.8) is 0 Å². The molecule has 0 saturated heterocycles. The molecule has 2 amide bonds. The van der Waals surface area contributed by atoms with Crippen LogP contribution in [-0.2, 0) is 6.54 Å². The molecule has 2 aromatic carbocycles. The Bertz CT molecular complexity index is 765. The third-order valence-electron chi connectivity index (χ3n) is 3.86. The summed E-state index contributed by atoms with van der Waals surface area (Å²) in [6.07, 6.45) is 0. The number of nitrogens with two attached hydrogens (primary N) is 1. The van der Waals surface area contributed by atoms with Crippen LogP contribution in [0, 0.1) is 13.8 Å². The Hall–Kier alpha value is -2.62. The predicted octanol–water partition coefficient (Wildman–Crippen LogP) is 2.68. The molecule has 0 spiro atoms. The summed E-state index contributed by atoms with van der Waals surface area (Å²) in [5, 5.41) is 0. The van der Waals surface area contributed by atoms with E-state index in [-0.39, 0.29) is 18.4 Å². The monoisotopic (exact) mass is 280 g/mol. The first kappa shape index (κ1) is 13.4. The maximum atomic E-state index is 12.5. The number of rotatable bonds is 2. The predicted molar refractivity (Wildman–Crippen MR) is 81.0 cm³/mol. The van der Waals surface area contributed by atoms with Gasteiger partial charge >= 0.3 is 0 Å². The molecule has 4 nitrogen and oxygen atoms in total. The molecule has 0 saturated carbocycles. The Morgan fingerprint density at radius 1 is 1.05 bits per heavy atom. The summed E-state index contributed by atoms with van der Waals surface area (Å²) in [6.45, 7) is 4.24. The zero-order chi connectivity index (χ0) is 15.1. The van der Waals surface area contributed by atoms with Gasteiger partial charge < -0.3 is 5.73 Å². The Balaban J connectivity index is 1.99. The Morgan fingerprint density at radius 2 is 1.81 bits per heavy atom. The minimum atomic E-state index is -0.311.